The lowest BCUT2D eigenvalue weighted by Gasteiger charge is -2.29. The van der Waals surface area contributed by atoms with Gasteiger partial charge in [-0.25, -0.2) is 13.2 Å². The quantitative estimate of drug-likeness (QED) is 0.326. The van der Waals surface area contributed by atoms with Gasteiger partial charge in [-0.2, -0.15) is 26.3 Å². The first-order valence-electron chi connectivity index (χ1n) is 10.1. The Morgan fingerprint density at radius 3 is 2.25 bits per heavy atom. The highest BCUT2D eigenvalue weighted by molar-refractivity contribution is 5.52. The Morgan fingerprint density at radius 2 is 1.61 bits per heavy atom. The SMILES string of the molecule is O[C@H](CN(Cc1cc(C(F)(F)F)ccc1F)c1cccc(Oc2ccnc(C(F)F)c2)c1)C(F)(F)F. The Labute approximate surface area is 198 Å². The van der Waals surface area contributed by atoms with E-state index in [-0.39, 0.29) is 17.2 Å². The van der Waals surface area contributed by atoms with Gasteiger partial charge in [0.15, 0.2) is 6.10 Å². The van der Waals surface area contributed by atoms with Crippen LogP contribution in [-0.4, -0.2) is 28.9 Å². The molecule has 3 aromatic rings. The van der Waals surface area contributed by atoms with Crippen LogP contribution in [0.5, 0.6) is 11.5 Å². The smallest absolute Gasteiger partial charge is 0.416 e. The van der Waals surface area contributed by atoms with E-state index in [1.54, 1.807) is 0 Å². The van der Waals surface area contributed by atoms with Gasteiger partial charge in [0, 0.05) is 36.1 Å². The number of ether oxygens (including phenoxy) is 1. The molecule has 1 heterocycles. The molecule has 0 saturated carbocycles. The number of anilines is 1. The molecule has 0 aliphatic heterocycles. The zero-order chi connectivity index (χ0) is 26.7. The lowest BCUT2D eigenvalue weighted by molar-refractivity contribution is -0.200. The molecule has 36 heavy (non-hydrogen) atoms. The summed E-state index contributed by atoms with van der Waals surface area (Å²) in [4.78, 5) is 4.29. The third-order valence-electron chi connectivity index (χ3n) is 4.90. The molecule has 0 radical (unpaired) electrons. The predicted molar refractivity (Wildman–Crippen MR) is 110 cm³/mol. The van der Waals surface area contributed by atoms with Crippen LogP contribution < -0.4 is 9.64 Å². The van der Waals surface area contributed by atoms with E-state index < -0.39 is 60.6 Å². The van der Waals surface area contributed by atoms with E-state index in [0.717, 1.165) is 23.2 Å². The highest BCUT2D eigenvalue weighted by Crippen LogP contribution is 2.33. The molecule has 0 saturated heterocycles. The molecule has 0 spiro atoms. The van der Waals surface area contributed by atoms with Crippen LogP contribution in [0.2, 0.25) is 0 Å². The average molecular weight is 524 g/mol. The van der Waals surface area contributed by atoms with Crippen molar-refractivity contribution in [3.63, 3.8) is 0 Å². The molecule has 0 bridgehead atoms. The van der Waals surface area contributed by atoms with Crippen LogP contribution in [0.15, 0.2) is 60.8 Å². The van der Waals surface area contributed by atoms with Gasteiger partial charge in [-0.05, 0) is 36.4 Å². The molecule has 3 rings (SSSR count). The van der Waals surface area contributed by atoms with Gasteiger partial charge in [0.25, 0.3) is 6.43 Å². The number of aliphatic hydroxyl groups is 1. The molecule has 0 aliphatic carbocycles. The van der Waals surface area contributed by atoms with Crippen molar-refractivity contribution in [2.45, 2.75) is 31.4 Å². The predicted octanol–water partition coefficient (Wildman–Crippen LogP) is 6.90. The molecule has 1 N–H and O–H groups in total. The second kappa shape index (κ2) is 10.6. The maximum absolute atomic E-state index is 14.3. The van der Waals surface area contributed by atoms with Crippen molar-refractivity contribution in [3.05, 3.63) is 83.4 Å². The molecule has 0 unspecified atom stereocenters. The Balaban J connectivity index is 1.95. The zero-order valence-electron chi connectivity index (χ0n) is 18.0. The number of hydrogen-bond acceptors (Lipinski definition) is 4. The van der Waals surface area contributed by atoms with Gasteiger partial charge in [-0.15, -0.1) is 0 Å². The highest BCUT2D eigenvalue weighted by atomic mass is 19.4. The number of aliphatic hydroxyl groups excluding tert-OH is 1. The highest BCUT2D eigenvalue weighted by Gasteiger charge is 2.39. The molecule has 0 aliphatic rings. The van der Waals surface area contributed by atoms with Crippen LogP contribution in [0, 0.1) is 5.82 Å². The van der Waals surface area contributed by atoms with Crippen LogP contribution in [0.1, 0.15) is 23.2 Å². The fourth-order valence-electron chi connectivity index (χ4n) is 3.14. The molecule has 0 amide bonds. The van der Waals surface area contributed by atoms with Crippen LogP contribution >= 0.6 is 0 Å². The molecule has 13 heteroatoms. The molecule has 0 fully saturated rings. The number of halogens is 9. The standard InChI is InChI=1S/C23H17F9N2O2/c24-18-5-4-14(22(27,28)29)8-13(18)11-34(12-20(35)23(30,31)32)15-2-1-3-16(9-15)36-17-6-7-33-19(10-17)21(25)26/h1-10,20-21,35H,11-12H2/t20-/m1/s1. The van der Waals surface area contributed by atoms with Crippen molar-refractivity contribution < 1.29 is 49.4 Å². The first kappa shape index (κ1) is 27.1. The third-order valence-corrected chi connectivity index (χ3v) is 4.90. The maximum atomic E-state index is 14.3. The van der Waals surface area contributed by atoms with Gasteiger partial charge in [-0.1, -0.05) is 6.07 Å². The molecule has 4 nitrogen and oxygen atoms in total. The maximum Gasteiger partial charge on any atom is 0.416 e. The van der Waals surface area contributed by atoms with E-state index in [9.17, 15) is 44.6 Å². The fraction of sp³-hybridized carbons (Fsp3) is 0.261. The van der Waals surface area contributed by atoms with Gasteiger partial charge < -0.3 is 14.7 Å². The Kier molecular flexibility index (Phi) is 8.02. The average Bonchev–Trinajstić information content (AvgIpc) is 2.79. The number of hydrogen-bond donors (Lipinski definition) is 1. The zero-order valence-corrected chi connectivity index (χ0v) is 18.0. The van der Waals surface area contributed by atoms with Crippen LogP contribution in [-0.2, 0) is 12.7 Å². The summed E-state index contributed by atoms with van der Waals surface area (Å²) in [6.45, 7) is -1.91. The van der Waals surface area contributed by atoms with Crippen molar-refractivity contribution in [2.75, 3.05) is 11.4 Å². The van der Waals surface area contributed by atoms with Gasteiger partial charge >= 0.3 is 12.4 Å². The van der Waals surface area contributed by atoms with Crippen molar-refractivity contribution in [3.8, 4) is 11.5 Å². The number of rotatable bonds is 8. The number of benzene rings is 2. The fourth-order valence-corrected chi connectivity index (χ4v) is 3.14. The lowest BCUT2D eigenvalue weighted by atomic mass is 10.1. The number of aromatic nitrogens is 1. The van der Waals surface area contributed by atoms with Crippen molar-refractivity contribution in [1.29, 1.82) is 0 Å². The summed E-state index contributed by atoms with van der Waals surface area (Å²) in [6.07, 6.45) is -14.6. The summed E-state index contributed by atoms with van der Waals surface area (Å²) in [6, 6.07) is 8.78. The Bertz CT molecular complexity index is 1180. The summed E-state index contributed by atoms with van der Waals surface area (Å²) in [7, 11) is 0. The second-order valence-electron chi connectivity index (χ2n) is 7.56. The topological polar surface area (TPSA) is 45.6 Å². The monoisotopic (exact) mass is 524 g/mol. The molecule has 2 aromatic carbocycles. The molecular weight excluding hydrogens is 507 g/mol. The van der Waals surface area contributed by atoms with Crippen molar-refractivity contribution in [2.24, 2.45) is 0 Å². The number of nitrogens with zero attached hydrogens (tertiary/aromatic N) is 2. The molecule has 1 aromatic heterocycles. The lowest BCUT2D eigenvalue weighted by Crippen LogP contribution is -2.41. The molecular formula is C23H17F9N2O2. The minimum absolute atomic E-state index is 0.0325. The summed E-state index contributed by atoms with van der Waals surface area (Å²) in [5.74, 6) is -1.20. The molecule has 194 valence electrons. The van der Waals surface area contributed by atoms with Crippen LogP contribution in [0.25, 0.3) is 0 Å². The minimum Gasteiger partial charge on any atom is -0.457 e. The van der Waals surface area contributed by atoms with E-state index in [4.69, 9.17) is 4.74 Å². The summed E-state index contributed by atoms with van der Waals surface area (Å²) >= 11 is 0. The van der Waals surface area contributed by atoms with Crippen molar-refractivity contribution >= 4 is 5.69 Å². The minimum atomic E-state index is -5.07. The third kappa shape index (κ3) is 7.03. The van der Waals surface area contributed by atoms with Gasteiger partial charge in [0.2, 0.25) is 0 Å². The van der Waals surface area contributed by atoms with E-state index in [0.29, 0.717) is 18.2 Å². The van der Waals surface area contributed by atoms with Gasteiger partial charge in [-0.3, -0.25) is 4.98 Å². The van der Waals surface area contributed by atoms with Crippen molar-refractivity contribution in [1.82, 2.24) is 4.98 Å². The van der Waals surface area contributed by atoms with E-state index in [1.807, 2.05) is 0 Å². The van der Waals surface area contributed by atoms with Gasteiger partial charge in [0.1, 0.15) is 23.0 Å². The van der Waals surface area contributed by atoms with Gasteiger partial charge in [0.05, 0.1) is 12.1 Å². The van der Waals surface area contributed by atoms with E-state index >= 15 is 0 Å². The molecule has 1 atom stereocenters. The van der Waals surface area contributed by atoms with Crippen LogP contribution in [0.3, 0.4) is 0 Å². The summed E-state index contributed by atoms with van der Waals surface area (Å²) in [5, 5.41) is 9.59. The van der Waals surface area contributed by atoms with E-state index in [2.05, 4.69) is 4.98 Å². The number of alkyl halides is 8. The first-order chi connectivity index (χ1) is 16.7. The largest absolute Gasteiger partial charge is 0.457 e. The summed E-state index contributed by atoms with van der Waals surface area (Å²) in [5.41, 5.74) is -2.43. The second-order valence-corrected chi connectivity index (χ2v) is 7.56. The van der Waals surface area contributed by atoms with E-state index in [1.165, 1.54) is 24.3 Å². The Morgan fingerprint density at radius 1 is 0.917 bits per heavy atom. The normalized spacial score (nSPS) is 13.1. The van der Waals surface area contributed by atoms with Crippen LogP contribution in [0.4, 0.5) is 45.2 Å². The summed E-state index contributed by atoms with van der Waals surface area (Å²) < 4.78 is 124. The number of pyridine rings is 1. The Hall–Kier alpha value is -3.48. The first-order valence-corrected chi connectivity index (χ1v) is 10.1.